The molecule has 148 valence electrons. The summed E-state index contributed by atoms with van der Waals surface area (Å²) >= 11 is 0. The van der Waals surface area contributed by atoms with Crippen LogP contribution in [-0.4, -0.2) is 43.0 Å². The van der Waals surface area contributed by atoms with Crippen molar-refractivity contribution in [2.45, 2.75) is 12.3 Å². The van der Waals surface area contributed by atoms with Gasteiger partial charge in [-0.05, 0) is 36.2 Å². The minimum absolute atomic E-state index is 0.119. The average Bonchev–Trinajstić information content (AvgIpc) is 3.53. The Hall–Kier alpha value is -3.48. The number of hydrogen-bond donors (Lipinski definition) is 0. The minimum Gasteiger partial charge on any atom is -0.497 e. The monoisotopic (exact) mass is 392 g/mol. The SMILES string of the molecule is COc1cccc(-c2cc(C(=O)N3CCC(c4ccc5c(c4)OCO5)C3)no2)c1. The lowest BCUT2D eigenvalue weighted by Gasteiger charge is -2.15. The zero-order valence-electron chi connectivity index (χ0n) is 16.0. The van der Waals surface area contributed by atoms with E-state index in [0.29, 0.717) is 24.5 Å². The molecular weight excluding hydrogens is 372 g/mol. The number of ether oxygens (including phenoxy) is 3. The van der Waals surface area contributed by atoms with Gasteiger partial charge in [-0.1, -0.05) is 23.4 Å². The Morgan fingerprint density at radius 2 is 2.03 bits per heavy atom. The molecule has 0 radical (unpaired) electrons. The third-order valence-corrected chi connectivity index (χ3v) is 5.43. The lowest BCUT2D eigenvalue weighted by Crippen LogP contribution is -2.28. The highest BCUT2D eigenvalue weighted by Crippen LogP contribution is 2.37. The lowest BCUT2D eigenvalue weighted by molar-refractivity contribution is 0.0780. The molecule has 2 aliphatic rings. The standard InChI is InChI=1S/C22H20N2O5/c1-26-17-4-2-3-15(9-17)20-11-18(23-29-20)22(25)24-8-7-16(12-24)14-5-6-19-21(10-14)28-13-27-19/h2-6,9-11,16H,7-8,12-13H2,1H3. The highest BCUT2D eigenvalue weighted by Gasteiger charge is 2.30. The number of fused-ring (bicyclic) bond motifs is 1. The van der Waals surface area contributed by atoms with Crippen molar-refractivity contribution >= 4 is 5.91 Å². The van der Waals surface area contributed by atoms with Crippen LogP contribution in [0.15, 0.2) is 53.1 Å². The molecule has 1 fully saturated rings. The number of carbonyl (C=O) groups is 1. The van der Waals surface area contributed by atoms with Gasteiger partial charge in [0.25, 0.3) is 5.91 Å². The Bertz CT molecular complexity index is 1060. The van der Waals surface area contributed by atoms with Crippen molar-refractivity contribution in [3.63, 3.8) is 0 Å². The van der Waals surface area contributed by atoms with E-state index in [-0.39, 0.29) is 18.6 Å². The molecular formula is C22H20N2O5. The van der Waals surface area contributed by atoms with Gasteiger partial charge < -0.3 is 23.6 Å². The maximum absolute atomic E-state index is 12.9. The average molecular weight is 392 g/mol. The van der Waals surface area contributed by atoms with Crippen LogP contribution >= 0.6 is 0 Å². The van der Waals surface area contributed by atoms with Crippen molar-refractivity contribution < 1.29 is 23.5 Å². The second-order valence-electron chi connectivity index (χ2n) is 7.16. The summed E-state index contributed by atoms with van der Waals surface area (Å²) in [6.07, 6.45) is 0.895. The van der Waals surface area contributed by atoms with E-state index < -0.39 is 0 Å². The van der Waals surface area contributed by atoms with E-state index in [0.717, 1.165) is 34.8 Å². The molecule has 7 nitrogen and oxygen atoms in total. The first-order valence-electron chi connectivity index (χ1n) is 9.51. The number of carbonyl (C=O) groups excluding carboxylic acids is 1. The minimum atomic E-state index is -0.119. The van der Waals surface area contributed by atoms with E-state index in [1.165, 1.54) is 0 Å². The van der Waals surface area contributed by atoms with Crippen LogP contribution in [0.25, 0.3) is 11.3 Å². The number of benzene rings is 2. The first kappa shape index (κ1) is 17.6. The molecule has 0 aliphatic carbocycles. The molecule has 7 heteroatoms. The lowest BCUT2D eigenvalue weighted by atomic mass is 9.98. The van der Waals surface area contributed by atoms with Crippen LogP contribution < -0.4 is 14.2 Å². The van der Waals surface area contributed by atoms with Crippen molar-refractivity contribution in [2.75, 3.05) is 27.0 Å². The summed E-state index contributed by atoms with van der Waals surface area (Å²) < 4.78 is 21.5. The van der Waals surface area contributed by atoms with Gasteiger partial charge in [0.2, 0.25) is 6.79 Å². The fourth-order valence-electron chi connectivity index (χ4n) is 3.83. The highest BCUT2D eigenvalue weighted by atomic mass is 16.7. The summed E-state index contributed by atoms with van der Waals surface area (Å²) in [6.45, 7) is 1.58. The van der Waals surface area contributed by atoms with Gasteiger partial charge in [-0.25, -0.2) is 0 Å². The molecule has 1 atom stereocenters. The van der Waals surface area contributed by atoms with Gasteiger partial charge in [0.15, 0.2) is 23.0 Å². The Balaban J connectivity index is 1.30. The Morgan fingerprint density at radius 3 is 2.93 bits per heavy atom. The van der Waals surface area contributed by atoms with Gasteiger partial charge in [-0.3, -0.25) is 4.79 Å². The van der Waals surface area contributed by atoms with Gasteiger partial charge >= 0.3 is 0 Å². The molecule has 1 saturated heterocycles. The summed E-state index contributed by atoms with van der Waals surface area (Å²) in [5, 5.41) is 3.99. The Morgan fingerprint density at radius 1 is 1.14 bits per heavy atom. The maximum atomic E-state index is 12.9. The van der Waals surface area contributed by atoms with Crippen molar-refractivity contribution in [1.29, 1.82) is 0 Å². The third kappa shape index (κ3) is 3.29. The molecule has 29 heavy (non-hydrogen) atoms. The van der Waals surface area contributed by atoms with Crippen molar-refractivity contribution in [1.82, 2.24) is 10.1 Å². The van der Waals surface area contributed by atoms with Crippen LogP contribution in [0.1, 0.15) is 28.4 Å². The first-order chi connectivity index (χ1) is 14.2. The molecule has 1 aromatic heterocycles. The molecule has 5 rings (SSSR count). The first-order valence-corrected chi connectivity index (χ1v) is 9.51. The Kier molecular flexibility index (Phi) is 4.35. The molecule has 0 spiro atoms. The second kappa shape index (κ2) is 7.16. The third-order valence-electron chi connectivity index (χ3n) is 5.43. The van der Waals surface area contributed by atoms with Crippen LogP contribution in [0.2, 0.25) is 0 Å². The van der Waals surface area contributed by atoms with E-state index in [4.69, 9.17) is 18.7 Å². The molecule has 1 unspecified atom stereocenters. The molecule has 2 aliphatic heterocycles. The van der Waals surface area contributed by atoms with Crippen molar-refractivity contribution in [3.05, 3.63) is 59.8 Å². The zero-order valence-corrected chi connectivity index (χ0v) is 16.0. The van der Waals surface area contributed by atoms with Crippen LogP contribution in [0.3, 0.4) is 0 Å². The predicted octanol–water partition coefficient (Wildman–Crippen LogP) is 3.71. The maximum Gasteiger partial charge on any atom is 0.276 e. The second-order valence-corrected chi connectivity index (χ2v) is 7.16. The van der Waals surface area contributed by atoms with Gasteiger partial charge in [-0.15, -0.1) is 0 Å². The summed E-state index contributed by atoms with van der Waals surface area (Å²) in [6, 6.07) is 15.1. The molecule has 0 N–H and O–H groups in total. The van der Waals surface area contributed by atoms with Crippen LogP contribution in [0.5, 0.6) is 17.2 Å². The number of aromatic nitrogens is 1. The van der Waals surface area contributed by atoms with Crippen LogP contribution in [-0.2, 0) is 0 Å². The fourth-order valence-corrected chi connectivity index (χ4v) is 3.83. The van der Waals surface area contributed by atoms with Crippen LogP contribution in [0, 0.1) is 0 Å². The Labute approximate surface area is 167 Å². The fraction of sp³-hybridized carbons (Fsp3) is 0.273. The molecule has 0 saturated carbocycles. The van der Waals surface area contributed by atoms with E-state index in [1.807, 2.05) is 47.4 Å². The predicted molar refractivity (Wildman–Crippen MR) is 104 cm³/mol. The zero-order chi connectivity index (χ0) is 19.8. The van der Waals surface area contributed by atoms with Crippen molar-refractivity contribution in [3.8, 4) is 28.6 Å². The molecule has 2 aromatic carbocycles. The van der Waals surface area contributed by atoms with E-state index in [2.05, 4.69) is 5.16 Å². The van der Waals surface area contributed by atoms with Gasteiger partial charge in [0.05, 0.1) is 7.11 Å². The van der Waals surface area contributed by atoms with Gasteiger partial charge in [0, 0.05) is 30.6 Å². The summed E-state index contributed by atoms with van der Waals surface area (Å²) in [5.41, 5.74) is 2.28. The number of nitrogens with zero attached hydrogens (tertiary/aromatic N) is 2. The summed E-state index contributed by atoms with van der Waals surface area (Å²) in [4.78, 5) is 14.7. The number of amides is 1. The van der Waals surface area contributed by atoms with Gasteiger partial charge in [0.1, 0.15) is 5.75 Å². The van der Waals surface area contributed by atoms with E-state index >= 15 is 0 Å². The number of likely N-dealkylation sites (tertiary alicyclic amines) is 1. The quantitative estimate of drug-likeness (QED) is 0.674. The van der Waals surface area contributed by atoms with E-state index in [1.54, 1.807) is 13.2 Å². The summed E-state index contributed by atoms with van der Waals surface area (Å²) in [7, 11) is 1.61. The molecule has 0 bridgehead atoms. The molecule has 3 aromatic rings. The van der Waals surface area contributed by atoms with Crippen molar-refractivity contribution in [2.24, 2.45) is 0 Å². The number of methoxy groups -OCH3 is 1. The number of hydrogen-bond acceptors (Lipinski definition) is 6. The largest absolute Gasteiger partial charge is 0.497 e. The number of rotatable bonds is 4. The summed E-state index contributed by atoms with van der Waals surface area (Å²) in [5.74, 6) is 2.94. The smallest absolute Gasteiger partial charge is 0.276 e. The van der Waals surface area contributed by atoms with Crippen LogP contribution in [0.4, 0.5) is 0 Å². The molecule has 1 amide bonds. The topological polar surface area (TPSA) is 74.0 Å². The highest BCUT2D eigenvalue weighted by molar-refractivity contribution is 5.93. The van der Waals surface area contributed by atoms with Gasteiger partial charge in [-0.2, -0.15) is 0 Å². The molecule has 3 heterocycles. The normalized spacial score (nSPS) is 17.6. The van der Waals surface area contributed by atoms with E-state index in [9.17, 15) is 4.79 Å².